The van der Waals surface area contributed by atoms with E-state index in [0.29, 0.717) is 21.2 Å². The number of carbonyl (C=O) groups excluding carboxylic acids is 1. The lowest BCUT2D eigenvalue weighted by Gasteiger charge is -2.22. The van der Waals surface area contributed by atoms with Crippen LogP contribution in [-0.2, 0) is 27.9 Å². The van der Waals surface area contributed by atoms with Crippen LogP contribution >= 0.6 is 23.2 Å². The monoisotopic (exact) mass is 480 g/mol. The van der Waals surface area contributed by atoms with E-state index in [-0.39, 0.29) is 23.8 Å². The lowest BCUT2D eigenvalue weighted by Crippen LogP contribution is -2.40. The van der Waals surface area contributed by atoms with Gasteiger partial charge in [-0.05, 0) is 59.7 Å². The maximum absolute atomic E-state index is 13.2. The van der Waals surface area contributed by atoms with Gasteiger partial charge in [-0.15, -0.1) is 0 Å². The van der Waals surface area contributed by atoms with Crippen LogP contribution in [-0.4, -0.2) is 25.2 Å². The Hall–Kier alpha value is -2.45. The predicted octanol–water partition coefficient (Wildman–Crippen LogP) is 4.64. The zero-order chi connectivity index (χ0) is 22.4. The molecule has 0 unspecified atom stereocenters. The number of hydrogen-bond acceptors (Lipinski definition) is 3. The summed E-state index contributed by atoms with van der Waals surface area (Å²) < 4.78 is 40.5. The van der Waals surface area contributed by atoms with Gasteiger partial charge in [-0.2, -0.15) is 4.31 Å². The molecule has 9 heteroatoms. The van der Waals surface area contributed by atoms with Crippen molar-refractivity contribution >= 4 is 39.1 Å². The van der Waals surface area contributed by atoms with Gasteiger partial charge >= 0.3 is 0 Å². The molecule has 1 N–H and O–H groups in total. The number of nitrogens with zero attached hydrogens (tertiary/aromatic N) is 1. The topological polar surface area (TPSA) is 66.5 Å². The summed E-state index contributed by atoms with van der Waals surface area (Å²) in [6.45, 7) is -0.306. The molecule has 0 saturated carbocycles. The van der Waals surface area contributed by atoms with E-state index in [1.165, 1.54) is 36.4 Å². The Bertz CT molecular complexity index is 1150. The Labute approximate surface area is 190 Å². The van der Waals surface area contributed by atoms with Crippen molar-refractivity contribution < 1.29 is 17.6 Å². The van der Waals surface area contributed by atoms with E-state index in [1.807, 2.05) is 0 Å². The number of nitrogens with one attached hydrogen (secondary N) is 1. The van der Waals surface area contributed by atoms with E-state index >= 15 is 0 Å². The highest BCUT2D eigenvalue weighted by Gasteiger charge is 2.27. The summed E-state index contributed by atoms with van der Waals surface area (Å²) in [7, 11) is -3.99. The van der Waals surface area contributed by atoms with Crippen molar-refractivity contribution in [3.05, 3.63) is 99.8 Å². The molecule has 0 bridgehead atoms. The average molecular weight is 481 g/mol. The Morgan fingerprint density at radius 3 is 2.23 bits per heavy atom. The molecule has 162 valence electrons. The summed E-state index contributed by atoms with van der Waals surface area (Å²) >= 11 is 11.9. The number of hydrogen-bond donors (Lipinski definition) is 1. The molecule has 0 aliphatic heterocycles. The summed E-state index contributed by atoms with van der Waals surface area (Å²) in [6, 6.07) is 18.1. The highest BCUT2D eigenvalue weighted by atomic mass is 35.5. The molecule has 0 aliphatic rings. The van der Waals surface area contributed by atoms with Crippen LogP contribution in [0.2, 0.25) is 10.0 Å². The van der Waals surface area contributed by atoms with Crippen molar-refractivity contribution in [2.45, 2.75) is 18.0 Å². The van der Waals surface area contributed by atoms with E-state index in [9.17, 15) is 17.6 Å². The summed E-state index contributed by atoms with van der Waals surface area (Å²) in [6.07, 6.45) is 0. The zero-order valence-electron chi connectivity index (χ0n) is 16.3. The predicted molar refractivity (Wildman–Crippen MR) is 119 cm³/mol. The molecule has 0 saturated heterocycles. The number of benzene rings is 3. The summed E-state index contributed by atoms with van der Waals surface area (Å²) in [5, 5.41) is 3.52. The molecule has 0 aliphatic carbocycles. The van der Waals surface area contributed by atoms with Crippen LogP contribution in [0.15, 0.2) is 77.7 Å². The summed E-state index contributed by atoms with van der Waals surface area (Å²) in [4.78, 5) is 12.6. The SMILES string of the molecule is O=C(CN(Cc1cccc(Cl)c1)S(=O)(=O)c1ccc(Cl)cc1)NCc1ccc(F)cc1. The van der Waals surface area contributed by atoms with E-state index in [0.717, 1.165) is 4.31 Å². The molecule has 1 amide bonds. The number of rotatable bonds is 8. The maximum atomic E-state index is 13.2. The normalized spacial score (nSPS) is 11.5. The first kappa shape index (κ1) is 23.2. The van der Waals surface area contributed by atoms with E-state index in [2.05, 4.69) is 5.32 Å². The first-order valence-corrected chi connectivity index (χ1v) is 11.4. The third kappa shape index (κ3) is 6.51. The first-order valence-electron chi connectivity index (χ1n) is 9.25. The standard InChI is InChI=1S/C22H19Cl2FN2O3S/c23-18-6-10-21(11-7-18)31(29,30)27(14-17-2-1-3-19(24)12-17)15-22(28)26-13-16-4-8-20(25)9-5-16/h1-12H,13-15H2,(H,26,28). The minimum Gasteiger partial charge on any atom is -0.351 e. The fourth-order valence-electron chi connectivity index (χ4n) is 2.84. The van der Waals surface area contributed by atoms with E-state index in [1.54, 1.807) is 36.4 Å². The van der Waals surface area contributed by atoms with Crippen molar-refractivity contribution in [3.63, 3.8) is 0 Å². The Morgan fingerprint density at radius 1 is 0.903 bits per heavy atom. The molecule has 0 heterocycles. The third-order valence-electron chi connectivity index (χ3n) is 4.42. The van der Waals surface area contributed by atoms with Crippen LogP contribution in [0.4, 0.5) is 4.39 Å². The molecular weight excluding hydrogens is 462 g/mol. The van der Waals surface area contributed by atoms with Gasteiger partial charge in [0.2, 0.25) is 15.9 Å². The second-order valence-electron chi connectivity index (χ2n) is 6.76. The third-order valence-corrected chi connectivity index (χ3v) is 6.72. The molecule has 0 fully saturated rings. The van der Waals surface area contributed by atoms with Gasteiger partial charge < -0.3 is 5.32 Å². The number of halogens is 3. The number of sulfonamides is 1. The largest absolute Gasteiger partial charge is 0.351 e. The smallest absolute Gasteiger partial charge is 0.243 e. The molecule has 5 nitrogen and oxygen atoms in total. The van der Waals surface area contributed by atoms with Crippen molar-refractivity contribution in [2.24, 2.45) is 0 Å². The van der Waals surface area contributed by atoms with Gasteiger partial charge in [0.25, 0.3) is 0 Å². The maximum Gasteiger partial charge on any atom is 0.243 e. The molecule has 3 aromatic carbocycles. The highest BCUT2D eigenvalue weighted by Crippen LogP contribution is 2.21. The molecule has 31 heavy (non-hydrogen) atoms. The van der Waals surface area contributed by atoms with Crippen LogP contribution < -0.4 is 5.32 Å². The molecule has 0 aromatic heterocycles. The molecule has 0 radical (unpaired) electrons. The van der Waals surface area contributed by atoms with Crippen LogP contribution in [0.25, 0.3) is 0 Å². The van der Waals surface area contributed by atoms with Gasteiger partial charge in [0.05, 0.1) is 11.4 Å². The Morgan fingerprint density at radius 2 is 1.58 bits per heavy atom. The van der Waals surface area contributed by atoms with Gasteiger partial charge in [0.15, 0.2) is 0 Å². The molecule has 3 aromatic rings. The molecule has 0 atom stereocenters. The van der Waals surface area contributed by atoms with Gasteiger partial charge in [-0.1, -0.05) is 47.5 Å². The summed E-state index contributed by atoms with van der Waals surface area (Å²) in [5.74, 6) is -0.874. The number of amides is 1. The van der Waals surface area contributed by atoms with E-state index < -0.39 is 22.5 Å². The number of carbonyl (C=O) groups is 1. The average Bonchev–Trinajstić information content (AvgIpc) is 2.73. The van der Waals surface area contributed by atoms with Gasteiger partial charge in [-0.3, -0.25) is 4.79 Å². The van der Waals surface area contributed by atoms with Crippen LogP contribution in [0.3, 0.4) is 0 Å². The molecular formula is C22H19Cl2FN2O3S. The van der Waals surface area contributed by atoms with Crippen molar-refractivity contribution in [1.82, 2.24) is 9.62 Å². The van der Waals surface area contributed by atoms with Gasteiger partial charge in [0.1, 0.15) is 5.82 Å². The van der Waals surface area contributed by atoms with Crippen LogP contribution in [0.1, 0.15) is 11.1 Å². The highest BCUT2D eigenvalue weighted by molar-refractivity contribution is 7.89. The minimum atomic E-state index is -3.99. The Balaban J connectivity index is 1.80. The van der Waals surface area contributed by atoms with Gasteiger partial charge in [-0.25, -0.2) is 12.8 Å². The molecule has 0 spiro atoms. The van der Waals surface area contributed by atoms with Crippen molar-refractivity contribution in [2.75, 3.05) is 6.54 Å². The quantitative estimate of drug-likeness (QED) is 0.510. The second kappa shape index (κ2) is 10.2. The summed E-state index contributed by atoms with van der Waals surface area (Å²) in [5.41, 5.74) is 1.33. The first-order chi connectivity index (χ1) is 14.7. The lowest BCUT2D eigenvalue weighted by atomic mass is 10.2. The van der Waals surface area contributed by atoms with Crippen molar-refractivity contribution in [3.8, 4) is 0 Å². The molecule has 3 rings (SSSR count). The second-order valence-corrected chi connectivity index (χ2v) is 9.57. The van der Waals surface area contributed by atoms with Crippen LogP contribution in [0.5, 0.6) is 0 Å². The van der Waals surface area contributed by atoms with Crippen molar-refractivity contribution in [1.29, 1.82) is 0 Å². The zero-order valence-corrected chi connectivity index (χ0v) is 18.6. The van der Waals surface area contributed by atoms with Crippen LogP contribution in [0, 0.1) is 5.82 Å². The lowest BCUT2D eigenvalue weighted by molar-refractivity contribution is -0.121. The van der Waals surface area contributed by atoms with E-state index in [4.69, 9.17) is 23.2 Å². The minimum absolute atomic E-state index is 0.0188. The van der Waals surface area contributed by atoms with Gasteiger partial charge in [0, 0.05) is 23.1 Å². The fraction of sp³-hybridized carbons (Fsp3) is 0.136. The Kier molecular flexibility index (Phi) is 7.67. The fourth-order valence-corrected chi connectivity index (χ4v) is 4.56.